The molecule has 0 unspecified atom stereocenters. The lowest BCUT2D eigenvalue weighted by Crippen LogP contribution is -2.26. The van der Waals surface area contributed by atoms with Gasteiger partial charge in [-0.05, 0) is 31.0 Å². The van der Waals surface area contributed by atoms with Crippen molar-refractivity contribution in [2.24, 2.45) is 0 Å². The molecule has 0 bridgehead atoms. The molecule has 0 spiro atoms. The minimum Gasteiger partial charge on any atom is -0.495 e. The summed E-state index contributed by atoms with van der Waals surface area (Å²) < 4.78 is 6.60. The summed E-state index contributed by atoms with van der Waals surface area (Å²) in [6.07, 6.45) is 1.79. The number of para-hydroxylation sites is 1. The first-order valence-corrected chi connectivity index (χ1v) is 7.60. The van der Waals surface area contributed by atoms with Gasteiger partial charge >= 0.3 is 0 Å². The SMILES string of the molecule is CCCCn1nc(C(=O)Nc2c(C)cccc2OC)ccc1=O. The zero-order valence-corrected chi connectivity index (χ0v) is 13.6. The van der Waals surface area contributed by atoms with E-state index in [0.29, 0.717) is 18.0 Å². The van der Waals surface area contributed by atoms with E-state index in [9.17, 15) is 9.59 Å². The molecule has 1 heterocycles. The van der Waals surface area contributed by atoms with Crippen molar-refractivity contribution in [3.63, 3.8) is 0 Å². The molecule has 23 heavy (non-hydrogen) atoms. The number of amides is 1. The smallest absolute Gasteiger partial charge is 0.276 e. The van der Waals surface area contributed by atoms with E-state index < -0.39 is 0 Å². The topological polar surface area (TPSA) is 73.2 Å². The third-order valence-electron chi connectivity index (χ3n) is 3.52. The third-order valence-corrected chi connectivity index (χ3v) is 3.52. The van der Waals surface area contributed by atoms with Gasteiger partial charge in [0.2, 0.25) is 0 Å². The Kier molecular flexibility index (Phi) is 5.51. The molecule has 0 aliphatic carbocycles. The van der Waals surface area contributed by atoms with E-state index in [4.69, 9.17) is 4.74 Å². The van der Waals surface area contributed by atoms with Crippen LogP contribution in [0.1, 0.15) is 35.8 Å². The maximum absolute atomic E-state index is 12.4. The lowest BCUT2D eigenvalue weighted by molar-refractivity contribution is 0.101. The molecule has 6 heteroatoms. The highest BCUT2D eigenvalue weighted by atomic mass is 16.5. The molecule has 0 aliphatic heterocycles. The fraction of sp³-hybridized carbons (Fsp3) is 0.353. The fourth-order valence-electron chi connectivity index (χ4n) is 2.19. The molecule has 122 valence electrons. The number of rotatable bonds is 6. The molecule has 1 N–H and O–H groups in total. The van der Waals surface area contributed by atoms with Gasteiger partial charge < -0.3 is 10.1 Å². The predicted octanol–water partition coefficient (Wildman–Crippen LogP) is 2.61. The van der Waals surface area contributed by atoms with Crippen LogP contribution in [0.5, 0.6) is 5.75 Å². The highest BCUT2D eigenvalue weighted by Gasteiger charge is 2.14. The van der Waals surface area contributed by atoms with Crippen molar-refractivity contribution in [3.05, 3.63) is 51.9 Å². The quantitative estimate of drug-likeness (QED) is 0.889. The van der Waals surface area contributed by atoms with Crippen LogP contribution in [0.2, 0.25) is 0 Å². The number of aromatic nitrogens is 2. The van der Waals surface area contributed by atoms with Crippen LogP contribution in [0.15, 0.2) is 35.1 Å². The van der Waals surface area contributed by atoms with E-state index >= 15 is 0 Å². The molecule has 0 atom stereocenters. The summed E-state index contributed by atoms with van der Waals surface area (Å²) in [5.41, 5.74) is 1.49. The standard InChI is InChI=1S/C17H21N3O3/c1-4-5-11-20-15(21)10-9-13(19-20)17(22)18-16-12(2)7-6-8-14(16)23-3/h6-10H,4-5,11H2,1-3H3,(H,18,22). The van der Waals surface area contributed by atoms with Crippen LogP contribution in [0.3, 0.4) is 0 Å². The Bertz CT molecular complexity index is 753. The molecule has 2 aromatic rings. The van der Waals surface area contributed by atoms with Crippen LogP contribution < -0.4 is 15.6 Å². The summed E-state index contributed by atoms with van der Waals surface area (Å²) in [4.78, 5) is 24.2. The number of methoxy groups -OCH3 is 1. The second kappa shape index (κ2) is 7.58. The van der Waals surface area contributed by atoms with E-state index in [1.54, 1.807) is 13.2 Å². The monoisotopic (exact) mass is 315 g/mol. The number of hydrogen-bond donors (Lipinski definition) is 1. The number of aryl methyl sites for hydroxylation is 2. The predicted molar refractivity (Wildman–Crippen MR) is 89.1 cm³/mol. The normalized spacial score (nSPS) is 10.4. The molecule has 0 saturated carbocycles. The van der Waals surface area contributed by atoms with E-state index in [2.05, 4.69) is 10.4 Å². The van der Waals surface area contributed by atoms with Gasteiger partial charge in [-0.1, -0.05) is 25.5 Å². The summed E-state index contributed by atoms with van der Waals surface area (Å²) in [6, 6.07) is 8.32. The average Bonchev–Trinajstić information content (AvgIpc) is 2.55. The van der Waals surface area contributed by atoms with Crippen LogP contribution in [0.4, 0.5) is 5.69 Å². The van der Waals surface area contributed by atoms with Crippen LogP contribution in [0.25, 0.3) is 0 Å². The zero-order valence-electron chi connectivity index (χ0n) is 13.6. The van der Waals surface area contributed by atoms with Gasteiger partial charge in [-0.15, -0.1) is 0 Å². The Balaban J connectivity index is 2.26. The molecule has 1 amide bonds. The molecular weight excluding hydrogens is 294 g/mol. The second-order valence-corrected chi connectivity index (χ2v) is 5.24. The molecule has 2 rings (SSSR count). The van der Waals surface area contributed by atoms with Gasteiger partial charge in [0.25, 0.3) is 11.5 Å². The maximum Gasteiger partial charge on any atom is 0.276 e. The Labute approximate surface area is 135 Å². The Morgan fingerprint density at radius 1 is 1.30 bits per heavy atom. The molecule has 6 nitrogen and oxygen atoms in total. The van der Waals surface area contributed by atoms with Gasteiger partial charge in [-0.25, -0.2) is 4.68 Å². The number of unbranched alkanes of at least 4 members (excludes halogenated alkanes) is 1. The van der Waals surface area contributed by atoms with Gasteiger partial charge in [0.1, 0.15) is 11.4 Å². The number of hydrogen-bond acceptors (Lipinski definition) is 4. The highest BCUT2D eigenvalue weighted by molar-refractivity contribution is 6.04. The van der Waals surface area contributed by atoms with E-state index in [0.717, 1.165) is 18.4 Å². The Morgan fingerprint density at radius 3 is 2.78 bits per heavy atom. The maximum atomic E-state index is 12.4. The number of carbonyl (C=O) groups excluding carboxylic acids is 1. The third kappa shape index (κ3) is 3.97. The summed E-state index contributed by atoms with van der Waals surface area (Å²) >= 11 is 0. The summed E-state index contributed by atoms with van der Waals surface area (Å²) in [6.45, 7) is 4.42. The van der Waals surface area contributed by atoms with Crippen LogP contribution in [-0.4, -0.2) is 22.8 Å². The molecule has 0 aliphatic rings. The lowest BCUT2D eigenvalue weighted by Gasteiger charge is -2.13. The molecule has 1 aromatic heterocycles. The van der Waals surface area contributed by atoms with Gasteiger partial charge in [-0.2, -0.15) is 5.10 Å². The van der Waals surface area contributed by atoms with Crippen molar-refractivity contribution in [3.8, 4) is 5.75 Å². The van der Waals surface area contributed by atoms with Gasteiger partial charge in [0.05, 0.1) is 12.8 Å². The van der Waals surface area contributed by atoms with Gasteiger partial charge in [-0.3, -0.25) is 9.59 Å². The van der Waals surface area contributed by atoms with Crippen LogP contribution >= 0.6 is 0 Å². The highest BCUT2D eigenvalue weighted by Crippen LogP contribution is 2.27. The molecule has 1 aromatic carbocycles. The van der Waals surface area contributed by atoms with Crippen molar-refractivity contribution in [1.82, 2.24) is 9.78 Å². The van der Waals surface area contributed by atoms with Crippen molar-refractivity contribution in [2.45, 2.75) is 33.2 Å². The van der Waals surface area contributed by atoms with Gasteiger partial charge in [0, 0.05) is 12.6 Å². The minimum absolute atomic E-state index is 0.200. The molecule has 0 fully saturated rings. The largest absolute Gasteiger partial charge is 0.495 e. The molecule has 0 saturated heterocycles. The van der Waals surface area contributed by atoms with E-state index in [1.807, 2.05) is 26.0 Å². The van der Waals surface area contributed by atoms with E-state index in [-0.39, 0.29) is 17.2 Å². The van der Waals surface area contributed by atoms with Crippen LogP contribution in [-0.2, 0) is 6.54 Å². The first-order valence-electron chi connectivity index (χ1n) is 7.60. The first kappa shape index (κ1) is 16.7. The Morgan fingerprint density at radius 2 is 2.09 bits per heavy atom. The average molecular weight is 315 g/mol. The Hall–Kier alpha value is -2.63. The summed E-state index contributed by atoms with van der Waals surface area (Å²) in [7, 11) is 1.55. The van der Waals surface area contributed by atoms with Gasteiger partial charge in [0.15, 0.2) is 0 Å². The molecule has 0 radical (unpaired) electrons. The van der Waals surface area contributed by atoms with Crippen molar-refractivity contribution in [2.75, 3.05) is 12.4 Å². The second-order valence-electron chi connectivity index (χ2n) is 5.24. The van der Waals surface area contributed by atoms with Crippen molar-refractivity contribution in [1.29, 1.82) is 0 Å². The number of ether oxygens (including phenoxy) is 1. The van der Waals surface area contributed by atoms with Crippen molar-refractivity contribution < 1.29 is 9.53 Å². The van der Waals surface area contributed by atoms with E-state index in [1.165, 1.54) is 16.8 Å². The molecular formula is C17H21N3O3. The number of carbonyl (C=O) groups is 1. The lowest BCUT2D eigenvalue weighted by atomic mass is 10.2. The first-order chi connectivity index (χ1) is 11.1. The number of nitrogens with one attached hydrogen (secondary N) is 1. The zero-order chi connectivity index (χ0) is 16.8. The number of anilines is 1. The van der Waals surface area contributed by atoms with Crippen molar-refractivity contribution >= 4 is 11.6 Å². The number of benzene rings is 1. The van der Waals surface area contributed by atoms with Crippen LogP contribution in [0, 0.1) is 6.92 Å². The number of nitrogens with zero attached hydrogens (tertiary/aromatic N) is 2. The summed E-state index contributed by atoms with van der Waals surface area (Å²) in [5.74, 6) is 0.209. The summed E-state index contributed by atoms with van der Waals surface area (Å²) in [5, 5.41) is 6.95. The minimum atomic E-state index is -0.372. The fourth-order valence-corrected chi connectivity index (χ4v) is 2.19.